The molecule has 126 valence electrons. The van der Waals surface area contributed by atoms with Crippen LogP contribution in [0.25, 0.3) is 0 Å². The zero-order valence-corrected chi connectivity index (χ0v) is 14.8. The largest absolute Gasteiger partial charge is 0.355 e. The van der Waals surface area contributed by atoms with Crippen LogP contribution in [0.15, 0.2) is 28.7 Å². The first-order valence-corrected chi connectivity index (χ1v) is 8.18. The van der Waals surface area contributed by atoms with Gasteiger partial charge in [0.05, 0.1) is 6.54 Å². The van der Waals surface area contributed by atoms with Gasteiger partial charge in [-0.1, -0.05) is 15.9 Å². The van der Waals surface area contributed by atoms with E-state index in [-0.39, 0.29) is 11.9 Å². The minimum absolute atomic E-state index is 0.146. The lowest BCUT2D eigenvalue weighted by molar-refractivity contribution is 0.0963. The Morgan fingerprint density at radius 3 is 2.62 bits per heavy atom. The number of rotatable bonds is 3. The molecule has 1 aliphatic heterocycles. The molecule has 0 saturated carbocycles. The van der Waals surface area contributed by atoms with Gasteiger partial charge >= 0.3 is 6.03 Å². The van der Waals surface area contributed by atoms with Crippen LogP contribution in [-0.4, -0.2) is 42.4 Å². The van der Waals surface area contributed by atoms with Crippen molar-refractivity contribution >= 4 is 45.2 Å². The molecule has 24 heavy (non-hydrogen) atoms. The summed E-state index contributed by atoms with van der Waals surface area (Å²) in [5, 5.41) is 12.1. The predicted molar refractivity (Wildman–Crippen MR) is 94.8 cm³/mol. The lowest BCUT2D eigenvalue weighted by Crippen LogP contribution is -2.24. The minimum Gasteiger partial charge on any atom is -0.355 e. The molecule has 3 rings (SSSR count). The van der Waals surface area contributed by atoms with Crippen LogP contribution >= 0.6 is 15.9 Å². The van der Waals surface area contributed by atoms with Gasteiger partial charge in [0.25, 0.3) is 5.91 Å². The molecule has 1 aliphatic rings. The highest BCUT2D eigenvalue weighted by atomic mass is 79.9. The Morgan fingerprint density at radius 2 is 1.92 bits per heavy atom. The number of anilines is 3. The number of halogens is 1. The number of aromatic nitrogens is 2. The van der Waals surface area contributed by atoms with Gasteiger partial charge in [-0.3, -0.25) is 10.1 Å². The average molecular weight is 393 g/mol. The van der Waals surface area contributed by atoms with E-state index in [4.69, 9.17) is 0 Å². The molecule has 9 heteroatoms. The minimum atomic E-state index is -0.317. The van der Waals surface area contributed by atoms with Gasteiger partial charge in [-0.15, -0.1) is 0 Å². The lowest BCUT2D eigenvalue weighted by atomic mass is 10.1. The maximum absolute atomic E-state index is 11.9. The van der Waals surface area contributed by atoms with Crippen molar-refractivity contribution in [3.8, 4) is 0 Å². The Balaban J connectivity index is 1.92. The van der Waals surface area contributed by atoms with E-state index in [9.17, 15) is 9.59 Å². The summed E-state index contributed by atoms with van der Waals surface area (Å²) >= 11 is 3.45. The Labute approximate surface area is 147 Å². The van der Waals surface area contributed by atoms with Gasteiger partial charge in [-0.05, 0) is 18.2 Å². The zero-order chi connectivity index (χ0) is 17.3. The topological polar surface area (TPSA) is 91.3 Å². The summed E-state index contributed by atoms with van der Waals surface area (Å²) in [6.45, 7) is 1.44. The smallest absolute Gasteiger partial charge is 0.320 e. The van der Waals surface area contributed by atoms with E-state index >= 15 is 0 Å². The predicted octanol–water partition coefficient (Wildman–Crippen LogP) is 1.91. The second kappa shape index (κ2) is 6.52. The molecule has 0 spiro atoms. The third kappa shape index (κ3) is 3.07. The molecule has 0 fully saturated rings. The number of nitrogens with zero attached hydrogens (tertiary/aromatic N) is 3. The highest BCUT2D eigenvalue weighted by Crippen LogP contribution is 2.34. The van der Waals surface area contributed by atoms with Crippen molar-refractivity contribution in [1.29, 1.82) is 0 Å². The quantitative estimate of drug-likeness (QED) is 0.743. The SMILES string of the molecule is CNC(=O)Nc1cc2n(n1)CCN2c1cc(Br)cc(C(=O)NC)c1. The van der Waals surface area contributed by atoms with Gasteiger partial charge in [-0.25, -0.2) is 9.48 Å². The van der Waals surface area contributed by atoms with Crippen molar-refractivity contribution < 1.29 is 9.59 Å². The molecule has 0 unspecified atom stereocenters. The van der Waals surface area contributed by atoms with Crippen LogP contribution in [0.5, 0.6) is 0 Å². The molecule has 8 nitrogen and oxygen atoms in total. The van der Waals surface area contributed by atoms with Crippen LogP contribution in [0, 0.1) is 0 Å². The molecule has 3 amide bonds. The van der Waals surface area contributed by atoms with Crippen LogP contribution in [0.2, 0.25) is 0 Å². The van der Waals surface area contributed by atoms with Crippen molar-refractivity contribution in [3.05, 3.63) is 34.3 Å². The summed E-state index contributed by atoms with van der Waals surface area (Å²) in [4.78, 5) is 25.4. The van der Waals surface area contributed by atoms with Gasteiger partial charge in [0.1, 0.15) is 5.82 Å². The summed E-state index contributed by atoms with van der Waals surface area (Å²) in [6.07, 6.45) is 0. The number of carbonyl (C=O) groups is 2. The van der Waals surface area contributed by atoms with E-state index in [1.54, 1.807) is 20.2 Å². The Bertz CT molecular complexity index is 803. The van der Waals surface area contributed by atoms with Crippen LogP contribution in [-0.2, 0) is 6.54 Å². The van der Waals surface area contributed by atoms with E-state index < -0.39 is 0 Å². The highest BCUT2D eigenvalue weighted by molar-refractivity contribution is 9.10. The van der Waals surface area contributed by atoms with Crippen molar-refractivity contribution in [2.75, 3.05) is 30.9 Å². The fourth-order valence-electron chi connectivity index (χ4n) is 2.60. The Hall–Kier alpha value is -2.55. The molecule has 0 bridgehead atoms. The monoisotopic (exact) mass is 392 g/mol. The first-order chi connectivity index (χ1) is 11.5. The van der Waals surface area contributed by atoms with Crippen LogP contribution in [0.1, 0.15) is 10.4 Å². The summed E-state index contributed by atoms with van der Waals surface area (Å²) < 4.78 is 2.64. The highest BCUT2D eigenvalue weighted by Gasteiger charge is 2.24. The number of amides is 3. The molecule has 0 radical (unpaired) electrons. The Kier molecular flexibility index (Phi) is 4.43. The number of carbonyl (C=O) groups excluding carboxylic acids is 2. The normalized spacial score (nSPS) is 12.7. The van der Waals surface area contributed by atoms with Crippen LogP contribution in [0.3, 0.4) is 0 Å². The third-order valence-electron chi connectivity index (χ3n) is 3.72. The van der Waals surface area contributed by atoms with E-state index in [1.807, 2.05) is 22.9 Å². The maximum atomic E-state index is 11.9. The Morgan fingerprint density at radius 1 is 1.12 bits per heavy atom. The van der Waals surface area contributed by atoms with Crippen molar-refractivity contribution in [3.63, 3.8) is 0 Å². The van der Waals surface area contributed by atoms with E-state index in [2.05, 4.69) is 41.9 Å². The van der Waals surface area contributed by atoms with Crippen molar-refractivity contribution in [2.24, 2.45) is 0 Å². The molecular formula is C15H17BrN6O2. The number of nitrogens with one attached hydrogen (secondary N) is 3. The zero-order valence-electron chi connectivity index (χ0n) is 13.3. The van der Waals surface area contributed by atoms with Crippen LogP contribution in [0.4, 0.5) is 22.1 Å². The van der Waals surface area contributed by atoms with Gasteiger partial charge < -0.3 is 15.5 Å². The molecule has 1 aromatic carbocycles. The average Bonchev–Trinajstić information content (AvgIpc) is 3.13. The van der Waals surface area contributed by atoms with Gasteiger partial charge in [0.15, 0.2) is 5.82 Å². The summed E-state index contributed by atoms with van der Waals surface area (Å²) in [5.74, 6) is 1.20. The molecule has 1 aromatic heterocycles. The number of fused-ring (bicyclic) bond motifs is 1. The van der Waals surface area contributed by atoms with E-state index in [0.717, 1.165) is 22.5 Å². The summed E-state index contributed by atoms with van der Waals surface area (Å²) in [7, 11) is 3.15. The third-order valence-corrected chi connectivity index (χ3v) is 4.18. The summed E-state index contributed by atoms with van der Waals surface area (Å²) in [5.41, 5.74) is 1.46. The fourth-order valence-corrected chi connectivity index (χ4v) is 3.09. The van der Waals surface area contributed by atoms with Crippen molar-refractivity contribution in [2.45, 2.75) is 6.54 Å². The molecule has 0 atom stereocenters. The molecule has 2 aromatic rings. The second-order valence-electron chi connectivity index (χ2n) is 5.24. The van der Waals surface area contributed by atoms with Gasteiger partial charge in [-0.2, -0.15) is 5.10 Å². The second-order valence-corrected chi connectivity index (χ2v) is 6.16. The van der Waals surface area contributed by atoms with Gasteiger partial charge in [0.2, 0.25) is 0 Å². The number of urea groups is 1. The molecule has 3 N–H and O–H groups in total. The number of hydrogen-bond donors (Lipinski definition) is 3. The molecule has 0 saturated heterocycles. The number of hydrogen-bond acceptors (Lipinski definition) is 4. The van der Waals surface area contributed by atoms with Gasteiger partial charge in [0, 0.05) is 42.4 Å². The first-order valence-electron chi connectivity index (χ1n) is 7.38. The van der Waals surface area contributed by atoms with E-state index in [1.165, 1.54) is 0 Å². The molecule has 0 aliphatic carbocycles. The first kappa shape index (κ1) is 16.3. The van der Waals surface area contributed by atoms with E-state index in [0.29, 0.717) is 17.9 Å². The fraction of sp³-hybridized carbons (Fsp3) is 0.267. The van der Waals surface area contributed by atoms with Crippen LogP contribution < -0.4 is 20.9 Å². The maximum Gasteiger partial charge on any atom is 0.320 e. The lowest BCUT2D eigenvalue weighted by Gasteiger charge is -2.18. The summed E-state index contributed by atoms with van der Waals surface area (Å²) in [6, 6.07) is 7.04. The molecule has 2 heterocycles. The van der Waals surface area contributed by atoms with Crippen molar-refractivity contribution in [1.82, 2.24) is 20.4 Å². The number of benzene rings is 1. The standard InChI is InChI=1S/C15H17BrN6O2/c1-17-14(23)9-5-10(16)7-11(6-9)21-3-4-22-13(21)8-12(20-22)19-15(24)18-2/h5-8H,3-4H2,1-2H3,(H,17,23)(H2,18,19,20,24). The molecular weight excluding hydrogens is 376 g/mol.